The highest BCUT2D eigenvalue weighted by Gasteiger charge is 2.32. The van der Waals surface area contributed by atoms with Crippen LogP contribution >= 0.6 is 0 Å². The minimum atomic E-state index is -4.30. The SMILES string of the molecule is CCCCCCOc1ccc(S(=O)(=O)ON2C(=O)C=CC2=O)c(C)c1. The maximum Gasteiger partial charge on any atom is 0.318 e. The number of aryl methyl sites for hydroxylation is 1. The van der Waals surface area contributed by atoms with Gasteiger partial charge in [-0.3, -0.25) is 9.59 Å². The highest BCUT2D eigenvalue weighted by atomic mass is 32.2. The van der Waals surface area contributed by atoms with Crippen molar-refractivity contribution in [3.8, 4) is 5.75 Å². The van der Waals surface area contributed by atoms with Crippen LogP contribution in [0.3, 0.4) is 0 Å². The van der Waals surface area contributed by atoms with Crippen molar-refractivity contribution in [2.45, 2.75) is 44.4 Å². The molecular weight excluding hydrogens is 346 g/mol. The van der Waals surface area contributed by atoms with Gasteiger partial charge in [0.2, 0.25) is 0 Å². The predicted octanol–water partition coefficient (Wildman–Crippen LogP) is 2.50. The summed E-state index contributed by atoms with van der Waals surface area (Å²) in [5, 5.41) is 0.215. The summed E-state index contributed by atoms with van der Waals surface area (Å²) in [5.41, 5.74) is 0.401. The van der Waals surface area contributed by atoms with Crippen LogP contribution in [-0.4, -0.2) is 31.9 Å². The summed E-state index contributed by atoms with van der Waals surface area (Å²) >= 11 is 0. The molecule has 1 aromatic rings. The van der Waals surface area contributed by atoms with E-state index in [1.165, 1.54) is 12.1 Å². The van der Waals surface area contributed by atoms with Crippen molar-refractivity contribution in [3.05, 3.63) is 35.9 Å². The molecule has 136 valence electrons. The van der Waals surface area contributed by atoms with Crippen LogP contribution in [0.15, 0.2) is 35.2 Å². The van der Waals surface area contributed by atoms with Crippen molar-refractivity contribution < 1.29 is 27.0 Å². The summed E-state index contributed by atoms with van der Waals surface area (Å²) < 4.78 is 34.9. The van der Waals surface area contributed by atoms with E-state index in [1.54, 1.807) is 13.0 Å². The van der Waals surface area contributed by atoms with Gasteiger partial charge in [0.15, 0.2) is 0 Å². The van der Waals surface area contributed by atoms with Gasteiger partial charge >= 0.3 is 10.1 Å². The Morgan fingerprint density at radius 2 is 1.72 bits per heavy atom. The van der Waals surface area contributed by atoms with E-state index < -0.39 is 21.9 Å². The lowest BCUT2D eigenvalue weighted by Crippen LogP contribution is -2.33. The van der Waals surface area contributed by atoms with E-state index in [0.717, 1.165) is 37.8 Å². The van der Waals surface area contributed by atoms with E-state index in [2.05, 4.69) is 11.2 Å². The van der Waals surface area contributed by atoms with E-state index in [1.807, 2.05) is 0 Å². The maximum atomic E-state index is 12.3. The maximum absolute atomic E-state index is 12.3. The third kappa shape index (κ3) is 4.90. The molecule has 25 heavy (non-hydrogen) atoms. The van der Waals surface area contributed by atoms with Crippen molar-refractivity contribution in [1.29, 1.82) is 0 Å². The zero-order valence-corrected chi connectivity index (χ0v) is 15.0. The third-order valence-corrected chi connectivity index (χ3v) is 4.97. The van der Waals surface area contributed by atoms with Gasteiger partial charge < -0.3 is 4.74 Å². The van der Waals surface area contributed by atoms with Crippen LogP contribution in [0.5, 0.6) is 5.75 Å². The Hall–Kier alpha value is -2.19. The molecule has 0 atom stereocenters. The topological polar surface area (TPSA) is 90.0 Å². The number of carbonyl (C=O) groups is 2. The second kappa shape index (κ2) is 8.26. The normalized spacial score (nSPS) is 14.4. The smallest absolute Gasteiger partial charge is 0.318 e. The quantitative estimate of drug-likeness (QED) is 0.492. The van der Waals surface area contributed by atoms with Gasteiger partial charge in [-0.1, -0.05) is 26.2 Å². The van der Waals surface area contributed by atoms with Crippen molar-refractivity contribution in [1.82, 2.24) is 5.06 Å². The number of unbranched alkanes of at least 4 members (excludes halogenated alkanes) is 3. The number of benzene rings is 1. The van der Waals surface area contributed by atoms with E-state index >= 15 is 0 Å². The molecule has 0 N–H and O–H groups in total. The summed E-state index contributed by atoms with van der Waals surface area (Å²) in [6, 6.07) is 4.45. The number of hydrogen-bond acceptors (Lipinski definition) is 6. The van der Waals surface area contributed by atoms with Crippen molar-refractivity contribution in [3.63, 3.8) is 0 Å². The molecule has 2 amide bonds. The molecule has 7 nitrogen and oxygen atoms in total. The predicted molar refractivity (Wildman–Crippen MR) is 90.1 cm³/mol. The molecule has 0 spiro atoms. The van der Waals surface area contributed by atoms with Crippen LogP contribution in [0.1, 0.15) is 38.2 Å². The Kier molecular flexibility index (Phi) is 6.33. The molecule has 0 bridgehead atoms. The van der Waals surface area contributed by atoms with Crippen LogP contribution in [-0.2, 0) is 24.0 Å². The van der Waals surface area contributed by atoms with Gasteiger partial charge in [0.1, 0.15) is 5.75 Å². The van der Waals surface area contributed by atoms with Gasteiger partial charge in [0, 0.05) is 12.2 Å². The van der Waals surface area contributed by atoms with Crippen molar-refractivity contribution in [2.75, 3.05) is 6.61 Å². The first-order valence-corrected chi connectivity index (χ1v) is 9.50. The summed E-state index contributed by atoms with van der Waals surface area (Å²) in [6.45, 7) is 4.28. The second-order valence-corrected chi connectivity index (χ2v) is 7.17. The van der Waals surface area contributed by atoms with Gasteiger partial charge in [0.05, 0.1) is 11.5 Å². The third-order valence-electron chi connectivity index (χ3n) is 3.62. The molecule has 1 aliphatic rings. The fourth-order valence-electron chi connectivity index (χ4n) is 2.31. The number of rotatable bonds is 9. The van der Waals surface area contributed by atoms with E-state index in [4.69, 9.17) is 4.74 Å². The largest absolute Gasteiger partial charge is 0.494 e. The Labute approximate surface area is 147 Å². The Bertz CT molecular complexity index is 766. The lowest BCUT2D eigenvalue weighted by Gasteiger charge is -2.15. The highest BCUT2D eigenvalue weighted by molar-refractivity contribution is 7.86. The number of carbonyl (C=O) groups excluding carboxylic acids is 2. The fourth-order valence-corrected chi connectivity index (χ4v) is 3.42. The highest BCUT2D eigenvalue weighted by Crippen LogP contribution is 2.24. The van der Waals surface area contributed by atoms with Gasteiger partial charge in [-0.05, 0) is 37.1 Å². The molecule has 0 unspecified atom stereocenters. The molecule has 8 heteroatoms. The molecule has 0 aliphatic carbocycles. The average Bonchev–Trinajstić information content (AvgIpc) is 2.86. The molecular formula is C17H21NO6S. The number of hydrogen-bond donors (Lipinski definition) is 0. The lowest BCUT2D eigenvalue weighted by molar-refractivity contribution is -0.161. The van der Waals surface area contributed by atoms with Gasteiger partial charge in [-0.25, -0.2) is 0 Å². The summed E-state index contributed by atoms with van der Waals surface area (Å²) in [7, 11) is -4.30. The first-order valence-electron chi connectivity index (χ1n) is 8.09. The van der Waals surface area contributed by atoms with Crippen LogP contribution in [0.25, 0.3) is 0 Å². The standard InChI is InChI=1S/C17H21NO6S/c1-3-4-5-6-11-23-14-7-8-15(13(2)12-14)25(21,22)24-18-16(19)9-10-17(18)20/h7-10,12H,3-6,11H2,1-2H3. The number of nitrogens with zero attached hydrogens (tertiary/aromatic N) is 1. The molecule has 0 radical (unpaired) electrons. The molecule has 0 saturated heterocycles. The zero-order chi connectivity index (χ0) is 18.4. The fraction of sp³-hybridized carbons (Fsp3) is 0.412. The molecule has 0 aromatic heterocycles. The molecule has 2 rings (SSSR count). The summed E-state index contributed by atoms with van der Waals surface area (Å²) in [6.07, 6.45) is 6.20. The number of imide groups is 1. The Morgan fingerprint density at radius 1 is 1.04 bits per heavy atom. The lowest BCUT2D eigenvalue weighted by atomic mass is 10.2. The monoisotopic (exact) mass is 367 g/mol. The van der Waals surface area contributed by atoms with Gasteiger partial charge in [-0.2, -0.15) is 8.42 Å². The Balaban J connectivity index is 2.04. The van der Waals surface area contributed by atoms with Crippen LogP contribution in [0, 0.1) is 6.92 Å². The molecule has 1 aromatic carbocycles. The van der Waals surface area contributed by atoms with E-state index in [0.29, 0.717) is 17.9 Å². The number of hydroxylamine groups is 2. The number of amides is 2. The molecule has 0 fully saturated rings. The second-order valence-electron chi connectivity index (χ2n) is 5.67. The Morgan fingerprint density at radius 3 is 2.32 bits per heavy atom. The van der Waals surface area contributed by atoms with E-state index in [9.17, 15) is 18.0 Å². The van der Waals surface area contributed by atoms with Gasteiger partial charge in [-0.15, -0.1) is 9.35 Å². The summed E-state index contributed by atoms with van der Waals surface area (Å²) in [4.78, 5) is 22.7. The zero-order valence-electron chi connectivity index (χ0n) is 14.2. The first kappa shape index (κ1) is 19.1. The van der Waals surface area contributed by atoms with Crippen LogP contribution in [0.4, 0.5) is 0 Å². The van der Waals surface area contributed by atoms with Crippen molar-refractivity contribution >= 4 is 21.9 Å². The van der Waals surface area contributed by atoms with Crippen LogP contribution < -0.4 is 4.74 Å². The van der Waals surface area contributed by atoms with Crippen molar-refractivity contribution in [2.24, 2.45) is 0 Å². The molecule has 1 aliphatic heterocycles. The minimum Gasteiger partial charge on any atom is -0.494 e. The first-order chi connectivity index (χ1) is 11.8. The molecule has 1 heterocycles. The minimum absolute atomic E-state index is 0.127. The van der Waals surface area contributed by atoms with Crippen LogP contribution in [0.2, 0.25) is 0 Å². The number of ether oxygens (including phenoxy) is 1. The average molecular weight is 367 g/mol. The summed E-state index contributed by atoms with van der Waals surface area (Å²) in [5.74, 6) is -1.11. The molecule has 0 saturated carbocycles. The van der Waals surface area contributed by atoms with E-state index in [-0.39, 0.29) is 9.96 Å². The van der Waals surface area contributed by atoms with Gasteiger partial charge in [0.25, 0.3) is 11.8 Å².